The number of nitriles is 1. The second-order valence-corrected chi connectivity index (χ2v) is 11.0. The van der Waals surface area contributed by atoms with Crippen LogP contribution in [0.15, 0.2) is 41.6 Å². The molecule has 1 aromatic carbocycles. The molecule has 2 saturated carbocycles. The van der Waals surface area contributed by atoms with Gasteiger partial charge >= 0.3 is 6.09 Å². The van der Waals surface area contributed by atoms with Crippen LogP contribution in [0.5, 0.6) is 0 Å². The van der Waals surface area contributed by atoms with Crippen molar-refractivity contribution in [2.45, 2.75) is 50.5 Å². The van der Waals surface area contributed by atoms with Gasteiger partial charge < -0.3 is 14.5 Å². The Kier molecular flexibility index (Phi) is 4.38. The summed E-state index contributed by atoms with van der Waals surface area (Å²) in [6.07, 6.45) is 1.45. The molecule has 2 fully saturated rings. The van der Waals surface area contributed by atoms with E-state index >= 15 is 0 Å². The Morgan fingerprint density at radius 3 is 2.29 bits per heavy atom. The molecular weight excluding hydrogens is 466 g/mol. The normalized spacial score (nSPS) is 24.8. The predicted octanol–water partition coefficient (Wildman–Crippen LogP) is 3.84. The Morgan fingerprint density at radius 2 is 1.74 bits per heavy atom. The van der Waals surface area contributed by atoms with Crippen molar-refractivity contribution in [1.82, 2.24) is 14.8 Å². The lowest BCUT2D eigenvalue weighted by molar-refractivity contribution is 0.0213. The van der Waals surface area contributed by atoms with Crippen molar-refractivity contribution in [1.29, 1.82) is 5.26 Å². The Hall–Kier alpha value is -3.57. The molecule has 0 saturated heterocycles. The third kappa shape index (κ3) is 3.08. The molecule has 1 aromatic heterocycles. The Labute approximate surface area is 208 Å². The first kappa shape index (κ1) is 21.9. The largest absolute Gasteiger partial charge is 0.444 e. The van der Waals surface area contributed by atoms with Crippen LogP contribution in [0.2, 0.25) is 5.02 Å². The van der Waals surface area contributed by atoms with Gasteiger partial charge in [0.25, 0.3) is 5.91 Å². The van der Waals surface area contributed by atoms with Crippen molar-refractivity contribution in [3.63, 3.8) is 0 Å². The topological polar surface area (TPSA) is 89.8 Å². The maximum atomic E-state index is 12.8. The van der Waals surface area contributed by atoms with Crippen molar-refractivity contribution < 1.29 is 14.3 Å². The van der Waals surface area contributed by atoms with Gasteiger partial charge in [-0.3, -0.25) is 9.69 Å². The lowest BCUT2D eigenvalue weighted by atomic mass is 10.0. The van der Waals surface area contributed by atoms with E-state index in [1.807, 2.05) is 31.7 Å². The lowest BCUT2D eigenvalue weighted by Crippen LogP contribution is -2.50. The smallest absolute Gasteiger partial charge is 0.411 e. The molecule has 2 aliphatic heterocycles. The van der Waals surface area contributed by atoms with Crippen molar-refractivity contribution in [3.8, 4) is 17.2 Å². The van der Waals surface area contributed by atoms with Crippen molar-refractivity contribution in [3.05, 3.63) is 57.8 Å². The van der Waals surface area contributed by atoms with E-state index in [1.54, 1.807) is 38.5 Å². The number of benzene rings is 1. The molecule has 35 heavy (non-hydrogen) atoms. The molecule has 8 nitrogen and oxygen atoms in total. The monoisotopic (exact) mass is 489 g/mol. The van der Waals surface area contributed by atoms with E-state index in [9.17, 15) is 14.9 Å². The number of carbonyl (C=O) groups excluding carboxylic acids is 2. The van der Waals surface area contributed by atoms with E-state index in [0.29, 0.717) is 22.0 Å². The zero-order valence-electron chi connectivity index (χ0n) is 20.0. The Balaban J connectivity index is 1.26. The molecule has 0 bridgehead atoms. The van der Waals surface area contributed by atoms with Gasteiger partial charge in [-0.15, -0.1) is 0 Å². The van der Waals surface area contributed by atoms with Gasteiger partial charge in [0.2, 0.25) is 0 Å². The summed E-state index contributed by atoms with van der Waals surface area (Å²) in [6, 6.07) is 9.50. The second kappa shape index (κ2) is 6.98. The number of nitrogens with zero attached hydrogens (tertiary/aromatic N) is 5. The van der Waals surface area contributed by atoms with E-state index in [4.69, 9.17) is 16.3 Å². The van der Waals surface area contributed by atoms with Crippen LogP contribution in [0.4, 0.5) is 10.6 Å². The molecule has 0 N–H and O–H groups in total. The first-order valence-corrected chi connectivity index (χ1v) is 11.9. The number of amides is 2. The summed E-state index contributed by atoms with van der Waals surface area (Å²) in [5.74, 6) is 0.465. The molecule has 0 spiro atoms. The molecule has 178 valence electrons. The van der Waals surface area contributed by atoms with E-state index in [-0.39, 0.29) is 36.2 Å². The van der Waals surface area contributed by atoms with Crippen LogP contribution in [-0.2, 0) is 4.74 Å². The molecule has 2 aromatic rings. The first-order chi connectivity index (χ1) is 16.5. The van der Waals surface area contributed by atoms with Crippen LogP contribution in [0, 0.1) is 11.3 Å². The number of piperazine rings is 1. The predicted molar refractivity (Wildman–Crippen MR) is 130 cm³/mol. The van der Waals surface area contributed by atoms with Crippen molar-refractivity contribution in [2.75, 3.05) is 19.0 Å². The Morgan fingerprint density at radius 1 is 1.09 bits per heavy atom. The number of pyridine rings is 1. The van der Waals surface area contributed by atoms with E-state index in [1.165, 1.54) is 16.0 Å². The van der Waals surface area contributed by atoms with Crippen LogP contribution in [0.3, 0.4) is 0 Å². The highest BCUT2D eigenvalue weighted by Gasteiger charge is 2.81. The molecule has 6 rings (SSSR count). The number of rotatable bonds is 3. The summed E-state index contributed by atoms with van der Waals surface area (Å²) < 4.78 is 5.62. The number of ether oxygens (including phenoxy) is 1. The van der Waals surface area contributed by atoms with E-state index < -0.39 is 5.60 Å². The molecule has 4 unspecified atom stereocenters. The van der Waals surface area contributed by atoms with Gasteiger partial charge in [-0.25, -0.2) is 9.78 Å². The zero-order valence-corrected chi connectivity index (χ0v) is 20.8. The van der Waals surface area contributed by atoms with Crippen LogP contribution in [0.1, 0.15) is 36.7 Å². The highest BCUT2D eigenvalue weighted by atomic mass is 35.5. The number of carbonyl (C=O) groups is 2. The van der Waals surface area contributed by atoms with Gasteiger partial charge in [0.05, 0.1) is 40.3 Å². The number of fused-ring (bicyclic) bond motifs is 2. The fourth-order valence-corrected chi connectivity index (χ4v) is 5.79. The highest BCUT2D eigenvalue weighted by molar-refractivity contribution is 6.34. The minimum Gasteiger partial charge on any atom is -0.444 e. The first-order valence-electron chi connectivity index (χ1n) is 11.5. The molecule has 9 heteroatoms. The molecule has 2 amide bonds. The van der Waals surface area contributed by atoms with E-state index in [0.717, 1.165) is 11.1 Å². The number of anilines is 1. The van der Waals surface area contributed by atoms with Gasteiger partial charge in [-0.2, -0.15) is 5.26 Å². The summed E-state index contributed by atoms with van der Waals surface area (Å²) in [5.41, 5.74) is 4.44. The van der Waals surface area contributed by atoms with Gasteiger partial charge in [0.15, 0.2) is 0 Å². The van der Waals surface area contributed by atoms with Gasteiger partial charge in [0, 0.05) is 25.9 Å². The average Bonchev–Trinajstić information content (AvgIpc) is 3.64. The standard InChI is InChI=1S/C26H24ClN5O3/c1-26(2,3)35-25(34)32-21-17-18-20(22(18)32)31(19(17)21)23-13(10-28)8-14(11-29-23)12-6-7-15(16(27)9-12)24(33)30(4)5/h6-9,11,19-22H,1-5H3. The van der Waals surface area contributed by atoms with Gasteiger partial charge in [0.1, 0.15) is 17.5 Å². The molecule has 0 radical (unpaired) electrons. The molecule has 2 aliphatic carbocycles. The maximum absolute atomic E-state index is 12.8. The van der Waals surface area contributed by atoms with Gasteiger partial charge in [-0.1, -0.05) is 17.7 Å². The number of aromatic nitrogens is 1. The molecule has 4 aliphatic rings. The summed E-state index contributed by atoms with van der Waals surface area (Å²) in [7, 11) is 3.35. The Bertz CT molecular complexity index is 1380. The van der Waals surface area contributed by atoms with Gasteiger partial charge in [-0.05, 0) is 55.7 Å². The van der Waals surface area contributed by atoms with Crippen LogP contribution >= 0.6 is 11.6 Å². The number of halogens is 1. The minimum atomic E-state index is -0.542. The van der Waals surface area contributed by atoms with Crippen LogP contribution < -0.4 is 4.90 Å². The third-order valence-electron chi connectivity index (χ3n) is 6.96. The SMILES string of the molecule is CN(C)C(=O)c1ccc(-c2cnc(N3C4C5=C6C(C63)N(C(=O)OC(C)(C)C)C54)c(C#N)c2)cc1Cl. The summed E-state index contributed by atoms with van der Waals surface area (Å²) in [4.78, 5) is 35.2. The second-order valence-electron chi connectivity index (χ2n) is 10.6. The zero-order chi connectivity index (χ0) is 25.0. The fraction of sp³-hybridized carbons (Fsp3) is 0.385. The molecular formula is C26H24ClN5O3. The minimum absolute atomic E-state index is 0.0171. The quantitative estimate of drug-likeness (QED) is 0.608. The summed E-state index contributed by atoms with van der Waals surface area (Å²) in [6.45, 7) is 5.61. The van der Waals surface area contributed by atoms with Crippen LogP contribution in [-0.4, -0.2) is 70.6 Å². The van der Waals surface area contributed by atoms with E-state index in [2.05, 4.69) is 16.0 Å². The summed E-state index contributed by atoms with van der Waals surface area (Å²) in [5, 5.41) is 10.3. The van der Waals surface area contributed by atoms with Crippen LogP contribution in [0.25, 0.3) is 11.1 Å². The summed E-state index contributed by atoms with van der Waals surface area (Å²) >= 11 is 6.39. The fourth-order valence-electron chi connectivity index (χ4n) is 5.53. The number of hydrogen-bond acceptors (Lipinski definition) is 6. The molecule has 3 heterocycles. The molecule has 4 atom stereocenters. The number of hydrogen-bond donors (Lipinski definition) is 0. The maximum Gasteiger partial charge on any atom is 0.411 e. The highest BCUT2D eigenvalue weighted by Crippen LogP contribution is 2.69. The van der Waals surface area contributed by atoms with Crippen molar-refractivity contribution >= 4 is 29.4 Å². The van der Waals surface area contributed by atoms with Crippen molar-refractivity contribution in [2.24, 2.45) is 0 Å². The lowest BCUT2D eigenvalue weighted by Gasteiger charge is -2.34. The third-order valence-corrected chi connectivity index (χ3v) is 7.27. The average molecular weight is 490 g/mol.